The molecule has 4 rings (SSSR count). The Bertz CT molecular complexity index is 797. The molecule has 0 saturated carbocycles. The molecule has 0 aromatic heterocycles. The van der Waals surface area contributed by atoms with E-state index in [0.717, 1.165) is 60.3 Å². The highest BCUT2D eigenvalue weighted by molar-refractivity contribution is 5.89. The normalized spacial score (nSPS) is 19.9. The van der Waals surface area contributed by atoms with Crippen LogP contribution in [0.4, 0.5) is 0 Å². The fourth-order valence-electron chi connectivity index (χ4n) is 3.45. The van der Waals surface area contributed by atoms with E-state index in [-0.39, 0.29) is 6.23 Å². The molecule has 0 amide bonds. The number of methoxy groups -OCH3 is 2. The van der Waals surface area contributed by atoms with Crippen molar-refractivity contribution < 1.29 is 18.9 Å². The van der Waals surface area contributed by atoms with Crippen LogP contribution in [-0.2, 0) is 4.74 Å². The molecule has 0 bridgehead atoms. The molecule has 5 nitrogen and oxygen atoms in total. The number of rotatable bonds is 4. The summed E-state index contributed by atoms with van der Waals surface area (Å²) in [5, 5.41) is 0. The van der Waals surface area contributed by atoms with Crippen LogP contribution >= 0.6 is 0 Å². The van der Waals surface area contributed by atoms with Gasteiger partial charge in [0.05, 0.1) is 33.0 Å². The lowest BCUT2D eigenvalue weighted by Gasteiger charge is -2.38. The third kappa shape index (κ3) is 3.16. The van der Waals surface area contributed by atoms with Crippen molar-refractivity contribution in [3.05, 3.63) is 53.6 Å². The Morgan fingerprint density at radius 3 is 2.46 bits per heavy atom. The fraction of sp³-hybridized carbons (Fsp3) is 0.333. The van der Waals surface area contributed by atoms with Crippen LogP contribution in [0.1, 0.15) is 11.1 Å². The molecule has 136 valence electrons. The third-order valence-corrected chi connectivity index (χ3v) is 4.82. The summed E-state index contributed by atoms with van der Waals surface area (Å²) in [5.74, 6) is 2.24. The van der Waals surface area contributed by atoms with Crippen molar-refractivity contribution in [3.63, 3.8) is 0 Å². The van der Waals surface area contributed by atoms with Gasteiger partial charge in [-0.1, -0.05) is 30.3 Å². The third-order valence-electron chi connectivity index (χ3n) is 4.82. The topological polar surface area (TPSA) is 40.2 Å². The van der Waals surface area contributed by atoms with Gasteiger partial charge in [0.1, 0.15) is 17.2 Å². The maximum atomic E-state index is 6.47. The smallest absolute Gasteiger partial charge is 0.179 e. The molecule has 2 aromatic rings. The lowest BCUT2D eigenvalue weighted by atomic mass is 9.97. The molecule has 1 saturated heterocycles. The minimum Gasteiger partial charge on any atom is -0.496 e. The van der Waals surface area contributed by atoms with Gasteiger partial charge in [0.25, 0.3) is 0 Å². The Morgan fingerprint density at radius 2 is 1.77 bits per heavy atom. The predicted octanol–water partition coefficient (Wildman–Crippen LogP) is 3.30. The molecule has 1 unspecified atom stereocenters. The summed E-state index contributed by atoms with van der Waals surface area (Å²) in [6.07, 6.45) is 2.01. The van der Waals surface area contributed by atoms with Gasteiger partial charge in [-0.25, -0.2) is 0 Å². The lowest BCUT2D eigenvalue weighted by molar-refractivity contribution is -0.0220. The Kier molecular flexibility index (Phi) is 4.82. The van der Waals surface area contributed by atoms with Crippen LogP contribution in [0.5, 0.6) is 17.2 Å². The van der Waals surface area contributed by atoms with Crippen LogP contribution in [0, 0.1) is 0 Å². The van der Waals surface area contributed by atoms with Gasteiger partial charge in [-0.05, 0) is 11.6 Å². The van der Waals surface area contributed by atoms with E-state index in [1.807, 2.05) is 30.3 Å². The zero-order chi connectivity index (χ0) is 17.9. The Morgan fingerprint density at radius 1 is 1.00 bits per heavy atom. The van der Waals surface area contributed by atoms with Crippen LogP contribution < -0.4 is 14.2 Å². The van der Waals surface area contributed by atoms with Gasteiger partial charge >= 0.3 is 0 Å². The first kappa shape index (κ1) is 16.9. The van der Waals surface area contributed by atoms with Crippen molar-refractivity contribution in [1.82, 2.24) is 4.90 Å². The van der Waals surface area contributed by atoms with Crippen LogP contribution in [0.15, 0.2) is 42.5 Å². The van der Waals surface area contributed by atoms with Crippen LogP contribution in [0.3, 0.4) is 0 Å². The number of ether oxygens (including phenoxy) is 4. The standard InChI is InChI=1S/C21H23NO4/c1-23-16-12-19(24-2)18-14-17(15-6-4-3-5-7-15)21(26-20(18)13-16)22-8-10-25-11-9-22/h3-7,12-14,21H,8-11H2,1-2H3. The Hall–Kier alpha value is -2.50. The molecule has 1 fully saturated rings. The van der Waals surface area contributed by atoms with E-state index >= 15 is 0 Å². The van der Waals surface area contributed by atoms with E-state index in [9.17, 15) is 0 Å². The average molecular weight is 353 g/mol. The molecule has 2 heterocycles. The Balaban J connectivity index is 1.82. The fourth-order valence-corrected chi connectivity index (χ4v) is 3.45. The second kappa shape index (κ2) is 7.40. The molecule has 0 spiro atoms. The zero-order valence-corrected chi connectivity index (χ0v) is 15.1. The summed E-state index contributed by atoms with van der Waals surface area (Å²) in [6, 6.07) is 14.2. The molecule has 1 atom stereocenters. The number of morpholine rings is 1. The van der Waals surface area contributed by atoms with E-state index in [0.29, 0.717) is 0 Å². The van der Waals surface area contributed by atoms with Gasteiger partial charge in [0.15, 0.2) is 6.23 Å². The summed E-state index contributed by atoms with van der Waals surface area (Å²) >= 11 is 0. The monoisotopic (exact) mass is 353 g/mol. The molecule has 5 heteroatoms. The quantitative estimate of drug-likeness (QED) is 0.843. The van der Waals surface area contributed by atoms with E-state index in [4.69, 9.17) is 18.9 Å². The van der Waals surface area contributed by atoms with Gasteiger partial charge < -0.3 is 18.9 Å². The molecule has 0 radical (unpaired) electrons. The zero-order valence-electron chi connectivity index (χ0n) is 15.1. The highest BCUT2D eigenvalue weighted by Gasteiger charge is 2.32. The van der Waals surface area contributed by atoms with Crippen molar-refractivity contribution in [3.8, 4) is 17.2 Å². The van der Waals surface area contributed by atoms with E-state index in [1.165, 1.54) is 0 Å². The van der Waals surface area contributed by atoms with E-state index in [1.54, 1.807) is 14.2 Å². The molecule has 2 aromatic carbocycles. The summed E-state index contributed by atoms with van der Waals surface area (Å²) < 4.78 is 23.0. The van der Waals surface area contributed by atoms with Crippen molar-refractivity contribution in [2.45, 2.75) is 6.23 Å². The first-order valence-electron chi connectivity index (χ1n) is 8.81. The summed E-state index contributed by atoms with van der Waals surface area (Å²) in [5.41, 5.74) is 3.22. The summed E-state index contributed by atoms with van der Waals surface area (Å²) in [7, 11) is 3.31. The van der Waals surface area contributed by atoms with E-state index in [2.05, 4.69) is 23.1 Å². The Labute approximate surface area is 153 Å². The van der Waals surface area contributed by atoms with Gasteiger partial charge in [0, 0.05) is 30.8 Å². The minimum atomic E-state index is -0.161. The predicted molar refractivity (Wildman–Crippen MR) is 101 cm³/mol. The van der Waals surface area contributed by atoms with Gasteiger partial charge in [-0.15, -0.1) is 0 Å². The number of nitrogens with zero attached hydrogens (tertiary/aromatic N) is 1. The van der Waals surface area contributed by atoms with E-state index < -0.39 is 0 Å². The van der Waals surface area contributed by atoms with Crippen LogP contribution in [0.2, 0.25) is 0 Å². The maximum Gasteiger partial charge on any atom is 0.179 e. The molecule has 0 N–H and O–H groups in total. The minimum absolute atomic E-state index is 0.161. The van der Waals surface area contributed by atoms with Gasteiger partial charge in [-0.3, -0.25) is 4.90 Å². The number of benzene rings is 2. The van der Waals surface area contributed by atoms with Crippen LogP contribution in [0.25, 0.3) is 11.6 Å². The summed E-state index contributed by atoms with van der Waals surface area (Å²) in [4.78, 5) is 2.32. The van der Waals surface area contributed by atoms with Crippen LogP contribution in [-0.4, -0.2) is 51.7 Å². The van der Waals surface area contributed by atoms with Gasteiger partial charge in [0.2, 0.25) is 0 Å². The van der Waals surface area contributed by atoms with Crippen molar-refractivity contribution >= 4 is 11.6 Å². The highest BCUT2D eigenvalue weighted by atomic mass is 16.5. The van der Waals surface area contributed by atoms with Crippen molar-refractivity contribution in [1.29, 1.82) is 0 Å². The second-order valence-electron chi connectivity index (χ2n) is 6.33. The number of fused-ring (bicyclic) bond motifs is 1. The van der Waals surface area contributed by atoms with Gasteiger partial charge in [-0.2, -0.15) is 0 Å². The first-order valence-corrected chi connectivity index (χ1v) is 8.81. The average Bonchev–Trinajstić information content (AvgIpc) is 2.73. The largest absolute Gasteiger partial charge is 0.496 e. The summed E-state index contributed by atoms with van der Waals surface area (Å²) in [6.45, 7) is 3.11. The molecule has 2 aliphatic heterocycles. The maximum absolute atomic E-state index is 6.47. The molecular formula is C21H23NO4. The van der Waals surface area contributed by atoms with Crippen molar-refractivity contribution in [2.75, 3.05) is 40.5 Å². The SMILES string of the molecule is COc1cc(OC)c2c(c1)OC(N1CCOCC1)C(c1ccccc1)=C2. The number of hydrogen-bond acceptors (Lipinski definition) is 5. The first-order chi connectivity index (χ1) is 12.8. The molecule has 0 aliphatic carbocycles. The molecule has 26 heavy (non-hydrogen) atoms. The van der Waals surface area contributed by atoms with Crippen molar-refractivity contribution in [2.24, 2.45) is 0 Å². The molecular weight excluding hydrogens is 330 g/mol. The highest BCUT2D eigenvalue weighted by Crippen LogP contribution is 2.42. The number of hydrogen-bond donors (Lipinski definition) is 0. The second-order valence-corrected chi connectivity index (χ2v) is 6.33. The lowest BCUT2D eigenvalue weighted by Crippen LogP contribution is -2.47. The molecule has 2 aliphatic rings.